The first-order valence-electron chi connectivity index (χ1n) is 4.92. The Morgan fingerprint density at radius 3 is 2.87 bits per heavy atom. The molecule has 0 bridgehead atoms. The Balaban J connectivity index is 2.23. The van der Waals surface area contributed by atoms with Gasteiger partial charge in [-0.15, -0.1) is 0 Å². The van der Waals surface area contributed by atoms with E-state index in [4.69, 9.17) is 0 Å². The minimum absolute atomic E-state index is 0.127. The van der Waals surface area contributed by atoms with Crippen LogP contribution in [0.25, 0.3) is 0 Å². The number of amides is 1. The zero-order valence-electron chi connectivity index (χ0n) is 8.26. The van der Waals surface area contributed by atoms with Crippen LogP contribution in [0, 0.1) is 0 Å². The van der Waals surface area contributed by atoms with Crippen molar-refractivity contribution in [2.75, 3.05) is 13.1 Å². The first kappa shape index (κ1) is 9.83. The molecule has 0 saturated carbocycles. The van der Waals surface area contributed by atoms with Crippen molar-refractivity contribution in [2.45, 2.75) is 12.3 Å². The second kappa shape index (κ2) is 3.81. The fourth-order valence-corrected chi connectivity index (χ4v) is 2.01. The third-order valence-corrected chi connectivity index (χ3v) is 2.82. The van der Waals surface area contributed by atoms with Crippen LogP contribution in [0.15, 0.2) is 18.2 Å². The van der Waals surface area contributed by atoms with Gasteiger partial charge in [-0.05, 0) is 24.6 Å². The molecule has 1 saturated heterocycles. The lowest BCUT2D eigenvalue weighted by atomic mass is 9.97. The number of likely N-dealkylation sites (tertiary alicyclic amines) is 1. The Hall–Kier alpha value is -1.71. The van der Waals surface area contributed by atoms with Gasteiger partial charge in [0.25, 0.3) is 0 Å². The molecule has 0 aromatic heterocycles. The predicted molar refractivity (Wildman–Crippen MR) is 54.8 cm³/mol. The zero-order valence-corrected chi connectivity index (χ0v) is 8.26. The van der Waals surface area contributed by atoms with Gasteiger partial charge in [0.05, 0.1) is 0 Å². The summed E-state index contributed by atoms with van der Waals surface area (Å²) in [5.41, 5.74) is 0.722. The Labute approximate surface area is 87.8 Å². The Bertz CT molecular complexity index is 378. The van der Waals surface area contributed by atoms with E-state index in [1.54, 1.807) is 11.0 Å². The quantitative estimate of drug-likeness (QED) is 0.562. The lowest BCUT2D eigenvalue weighted by molar-refractivity contribution is -0.117. The number of rotatable bonds is 2. The number of benzene rings is 1. The first-order chi connectivity index (χ1) is 7.20. The number of hydrogen-bond acceptors (Lipinski definition) is 3. The SMILES string of the molecule is O=CN1CCC(c2cc(O)ccc2O)C1. The molecule has 1 aliphatic heterocycles. The molecule has 0 spiro atoms. The number of aromatic hydroxyl groups is 2. The van der Waals surface area contributed by atoms with Crippen molar-refractivity contribution in [3.05, 3.63) is 23.8 Å². The number of phenols is 2. The van der Waals surface area contributed by atoms with Crippen LogP contribution in [0.5, 0.6) is 11.5 Å². The summed E-state index contributed by atoms with van der Waals surface area (Å²) in [4.78, 5) is 12.2. The van der Waals surface area contributed by atoms with Crippen LogP contribution in [0.4, 0.5) is 0 Å². The zero-order chi connectivity index (χ0) is 10.8. The van der Waals surface area contributed by atoms with Crippen molar-refractivity contribution in [1.29, 1.82) is 0 Å². The van der Waals surface area contributed by atoms with Crippen molar-refractivity contribution in [2.24, 2.45) is 0 Å². The minimum Gasteiger partial charge on any atom is -0.508 e. The van der Waals surface area contributed by atoms with Gasteiger partial charge in [-0.3, -0.25) is 4.79 Å². The molecule has 2 N–H and O–H groups in total. The van der Waals surface area contributed by atoms with Crippen molar-refractivity contribution in [1.82, 2.24) is 4.90 Å². The normalized spacial score (nSPS) is 20.5. The molecule has 1 heterocycles. The molecule has 0 aliphatic carbocycles. The van der Waals surface area contributed by atoms with E-state index < -0.39 is 0 Å². The molecule has 2 rings (SSSR count). The molecule has 1 aromatic carbocycles. The lowest BCUT2D eigenvalue weighted by Crippen LogP contribution is -2.17. The fourth-order valence-electron chi connectivity index (χ4n) is 2.01. The summed E-state index contributed by atoms with van der Waals surface area (Å²) in [5.74, 6) is 0.459. The molecule has 1 aliphatic rings. The van der Waals surface area contributed by atoms with Gasteiger partial charge in [-0.1, -0.05) is 0 Å². The summed E-state index contributed by atoms with van der Waals surface area (Å²) in [7, 11) is 0. The van der Waals surface area contributed by atoms with Gasteiger partial charge >= 0.3 is 0 Å². The van der Waals surface area contributed by atoms with Crippen LogP contribution in [0.3, 0.4) is 0 Å². The number of phenolic OH excluding ortho intramolecular Hbond substituents is 2. The molecular weight excluding hydrogens is 194 g/mol. The second-order valence-electron chi connectivity index (χ2n) is 3.83. The average Bonchev–Trinajstić information content (AvgIpc) is 2.70. The summed E-state index contributed by atoms with van der Waals surface area (Å²) in [6.45, 7) is 1.32. The van der Waals surface area contributed by atoms with Crippen molar-refractivity contribution >= 4 is 6.41 Å². The van der Waals surface area contributed by atoms with E-state index in [0.717, 1.165) is 18.4 Å². The predicted octanol–water partition coefficient (Wildman–Crippen LogP) is 1.04. The highest BCUT2D eigenvalue weighted by atomic mass is 16.3. The van der Waals surface area contributed by atoms with Crippen LogP contribution in [0.2, 0.25) is 0 Å². The van der Waals surface area contributed by atoms with E-state index in [0.29, 0.717) is 13.1 Å². The standard InChI is InChI=1S/C11H13NO3/c13-7-12-4-3-8(6-12)10-5-9(14)1-2-11(10)15/h1-2,5,7-8,14-15H,3-4,6H2. The van der Waals surface area contributed by atoms with Gasteiger partial charge in [0, 0.05) is 24.6 Å². The smallest absolute Gasteiger partial charge is 0.209 e. The molecule has 1 unspecified atom stereocenters. The summed E-state index contributed by atoms with van der Waals surface area (Å²) >= 11 is 0. The van der Waals surface area contributed by atoms with Crippen LogP contribution in [0.1, 0.15) is 17.9 Å². The van der Waals surface area contributed by atoms with Crippen LogP contribution in [-0.2, 0) is 4.79 Å². The largest absolute Gasteiger partial charge is 0.508 e. The van der Waals surface area contributed by atoms with Crippen molar-refractivity contribution < 1.29 is 15.0 Å². The van der Waals surface area contributed by atoms with E-state index in [9.17, 15) is 15.0 Å². The van der Waals surface area contributed by atoms with Crippen LogP contribution >= 0.6 is 0 Å². The molecule has 1 aromatic rings. The van der Waals surface area contributed by atoms with Gasteiger partial charge in [-0.25, -0.2) is 0 Å². The summed E-state index contributed by atoms with van der Waals surface area (Å²) in [6.07, 6.45) is 1.65. The molecular formula is C11H13NO3. The maximum atomic E-state index is 10.5. The molecule has 1 atom stereocenters. The van der Waals surface area contributed by atoms with Crippen molar-refractivity contribution in [3.8, 4) is 11.5 Å². The monoisotopic (exact) mass is 207 g/mol. The van der Waals surface area contributed by atoms with Gasteiger partial charge in [0.1, 0.15) is 11.5 Å². The third kappa shape index (κ3) is 1.88. The molecule has 0 radical (unpaired) electrons. The summed E-state index contributed by atoms with van der Waals surface area (Å²) < 4.78 is 0. The average molecular weight is 207 g/mol. The molecule has 15 heavy (non-hydrogen) atoms. The third-order valence-electron chi connectivity index (χ3n) is 2.82. The highest BCUT2D eigenvalue weighted by Crippen LogP contribution is 2.34. The molecule has 4 nitrogen and oxygen atoms in total. The first-order valence-corrected chi connectivity index (χ1v) is 4.92. The fraction of sp³-hybridized carbons (Fsp3) is 0.364. The van der Waals surface area contributed by atoms with E-state index in [1.165, 1.54) is 12.1 Å². The van der Waals surface area contributed by atoms with Gasteiger partial charge in [-0.2, -0.15) is 0 Å². The molecule has 4 heteroatoms. The number of nitrogens with zero attached hydrogens (tertiary/aromatic N) is 1. The Morgan fingerprint density at radius 1 is 1.40 bits per heavy atom. The van der Waals surface area contributed by atoms with E-state index in [1.807, 2.05) is 0 Å². The number of hydrogen-bond donors (Lipinski definition) is 2. The maximum absolute atomic E-state index is 10.5. The minimum atomic E-state index is 0.127. The van der Waals surface area contributed by atoms with Crippen LogP contribution in [-0.4, -0.2) is 34.6 Å². The maximum Gasteiger partial charge on any atom is 0.209 e. The lowest BCUT2D eigenvalue weighted by Gasteiger charge is -2.12. The van der Waals surface area contributed by atoms with E-state index in [-0.39, 0.29) is 17.4 Å². The van der Waals surface area contributed by atoms with Gasteiger partial charge in [0.2, 0.25) is 6.41 Å². The Morgan fingerprint density at radius 2 is 2.20 bits per heavy atom. The van der Waals surface area contributed by atoms with Crippen LogP contribution < -0.4 is 0 Å². The van der Waals surface area contributed by atoms with Gasteiger partial charge < -0.3 is 15.1 Å². The summed E-state index contributed by atoms with van der Waals surface area (Å²) in [6, 6.07) is 4.49. The Kier molecular flexibility index (Phi) is 2.49. The second-order valence-corrected chi connectivity index (χ2v) is 3.83. The molecule has 1 fully saturated rings. The van der Waals surface area contributed by atoms with Gasteiger partial charge in [0.15, 0.2) is 0 Å². The molecule has 1 amide bonds. The number of carbonyl (C=O) groups excluding carboxylic acids is 1. The van der Waals surface area contributed by atoms with Crippen molar-refractivity contribution in [3.63, 3.8) is 0 Å². The number of carbonyl (C=O) groups is 1. The van der Waals surface area contributed by atoms with E-state index in [2.05, 4.69) is 0 Å². The topological polar surface area (TPSA) is 60.8 Å². The molecule has 80 valence electrons. The highest BCUT2D eigenvalue weighted by molar-refractivity contribution is 5.49. The van der Waals surface area contributed by atoms with E-state index >= 15 is 0 Å². The highest BCUT2D eigenvalue weighted by Gasteiger charge is 2.24. The summed E-state index contributed by atoms with van der Waals surface area (Å²) in [5, 5.41) is 19.0.